The molecule has 0 radical (unpaired) electrons. The number of aryl methyl sites for hydroxylation is 1. The first-order valence-electron chi connectivity index (χ1n) is 9.37. The molecule has 28 heavy (non-hydrogen) atoms. The van der Waals surface area contributed by atoms with Gasteiger partial charge in [-0.25, -0.2) is 14.7 Å². The molecule has 1 fully saturated rings. The second-order valence-corrected chi connectivity index (χ2v) is 7.77. The van der Waals surface area contributed by atoms with Crippen molar-refractivity contribution < 1.29 is 19.1 Å². The average molecular weight is 381 g/mol. The number of imide groups is 1. The Kier molecular flexibility index (Phi) is 4.25. The molecule has 1 N–H and O–H groups in total. The zero-order valence-corrected chi connectivity index (χ0v) is 16.4. The summed E-state index contributed by atoms with van der Waals surface area (Å²) in [4.78, 5) is 30.4. The van der Waals surface area contributed by atoms with Crippen molar-refractivity contribution in [2.45, 2.75) is 45.6 Å². The van der Waals surface area contributed by atoms with E-state index in [1.54, 1.807) is 18.3 Å². The van der Waals surface area contributed by atoms with Crippen LogP contribution in [0.1, 0.15) is 38.3 Å². The molecule has 2 aromatic rings. The van der Waals surface area contributed by atoms with Crippen molar-refractivity contribution in [1.82, 2.24) is 10.3 Å². The molecule has 0 bridgehead atoms. The molecule has 0 saturated carbocycles. The Morgan fingerprint density at radius 3 is 2.82 bits per heavy atom. The van der Waals surface area contributed by atoms with Gasteiger partial charge < -0.3 is 14.8 Å². The highest BCUT2D eigenvalue weighted by atomic mass is 16.5. The molecule has 1 atom stereocenters. The molecule has 2 aliphatic rings. The first-order valence-corrected chi connectivity index (χ1v) is 9.37. The molecule has 7 heteroatoms. The summed E-state index contributed by atoms with van der Waals surface area (Å²) in [5.41, 5.74) is 2.11. The summed E-state index contributed by atoms with van der Waals surface area (Å²) in [7, 11) is 0. The fraction of sp³-hybridized carbons (Fsp3) is 0.381. The molecule has 3 heterocycles. The van der Waals surface area contributed by atoms with Crippen LogP contribution in [0.3, 0.4) is 0 Å². The molecule has 146 valence electrons. The van der Waals surface area contributed by atoms with E-state index < -0.39 is 12.1 Å². The number of hydrogen-bond acceptors (Lipinski definition) is 5. The molecular weight excluding hydrogens is 358 g/mol. The lowest BCUT2D eigenvalue weighted by Gasteiger charge is -2.21. The highest BCUT2D eigenvalue weighted by Crippen LogP contribution is 2.47. The predicted octanol–water partition coefficient (Wildman–Crippen LogP) is 3.69. The van der Waals surface area contributed by atoms with Gasteiger partial charge in [-0.2, -0.15) is 0 Å². The Labute approximate surface area is 163 Å². The number of hydrogen-bond donors (Lipinski definition) is 1. The van der Waals surface area contributed by atoms with Gasteiger partial charge in [0.2, 0.25) is 5.88 Å². The summed E-state index contributed by atoms with van der Waals surface area (Å²) in [5, 5.41) is 2.69. The number of rotatable bonds is 4. The molecule has 1 aromatic carbocycles. The lowest BCUT2D eigenvalue weighted by Crippen LogP contribution is -2.31. The fourth-order valence-corrected chi connectivity index (χ4v) is 3.68. The monoisotopic (exact) mass is 381 g/mol. The number of aromatic nitrogens is 1. The van der Waals surface area contributed by atoms with E-state index in [4.69, 9.17) is 9.47 Å². The van der Waals surface area contributed by atoms with Gasteiger partial charge in [0.1, 0.15) is 23.2 Å². The number of carbonyl (C=O) groups excluding carboxylic acids is 2. The Hall–Kier alpha value is -3.09. The van der Waals surface area contributed by atoms with Crippen molar-refractivity contribution in [2.75, 3.05) is 11.5 Å². The number of nitrogens with one attached hydrogen (secondary N) is 1. The molecule has 1 aromatic heterocycles. The highest BCUT2D eigenvalue weighted by Gasteiger charge is 2.40. The molecule has 4 rings (SSSR count). The third kappa shape index (κ3) is 2.78. The zero-order chi connectivity index (χ0) is 20.1. The minimum absolute atomic E-state index is 0.205. The second-order valence-electron chi connectivity index (χ2n) is 7.77. The van der Waals surface area contributed by atoms with Gasteiger partial charge in [-0.3, -0.25) is 4.79 Å². The summed E-state index contributed by atoms with van der Waals surface area (Å²) in [6.45, 7) is 8.59. The van der Waals surface area contributed by atoms with Gasteiger partial charge in [0.25, 0.3) is 5.91 Å². The molecule has 7 nitrogen and oxygen atoms in total. The third-order valence-electron chi connectivity index (χ3n) is 5.20. The number of ether oxygens (including phenoxy) is 2. The van der Waals surface area contributed by atoms with Crippen LogP contribution >= 0.6 is 0 Å². The summed E-state index contributed by atoms with van der Waals surface area (Å²) in [6.07, 6.45) is 2.10. The van der Waals surface area contributed by atoms with Crippen LogP contribution in [0.4, 0.5) is 10.5 Å². The van der Waals surface area contributed by atoms with Crippen LogP contribution in [0.2, 0.25) is 0 Å². The van der Waals surface area contributed by atoms with Crippen LogP contribution < -0.4 is 19.7 Å². The minimum atomic E-state index is -0.531. The van der Waals surface area contributed by atoms with Crippen molar-refractivity contribution in [3.63, 3.8) is 0 Å². The number of nitrogens with zero attached hydrogens (tertiary/aromatic N) is 2. The van der Waals surface area contributed by atoms with E-state index in [1.807, 2.05) is 26.0 Å². The number of benzene rings is 1. The molecule has 3 amide bonds. The van der Waals surface area contributed by atoms with Crippen molar-refractivity contribution >= 4 is 17.6 Å². The smallest absolute Gasteiger partial charge is 0.329 e. The van der Waals surface area contributed by atoms with Gasteiger partial charge in [0.05, 0.1) is 6.61 Å². The lowest BCUT2D eigenvalue weighted by molar-refractivity contribution is -0.118. The maximum absolute atomic E-state index is 12.6. The maximum atomic E-state index is 12.6. The predicted molar refractivity (Wildman–Crippen MR) is 104 cm³/mol. The summed E-state index contributed by atoms with van der Waals surface area (Å²) in [5.74, 6) is 1.34. The Balaban J connectivity index is 1.76. The number of fused-ring (bicyclic) bond motifs is 1. The fourth-order valence-electron chi connectivity index (χ4n) is 3.68. The summed E-state index contributed by atoms with van der Waals surface area (Å²) >= 11 is 0. The van der Waals surface area contributed by atoms with Crippen LogP contribution in [0.15, 0.2) is 30.5 Å². The van der Waals surface area contributed by atoms with E-state index in [-0.39, 0.29) is 17.2 Å². The maximum Gasteiger partial charge on any atom is 0.329 e. The second kappa shape index (κ2) is 6.51. The Morgan fingerprint density at radius 1 is 1.32 bits per heavy atom. The van der Waals surface area contributed by atoms with Gasteiger partial charge in [-0.1, -0.05) is 26.8 Å². The quantitative estimate of drug-likeness (QED) is 0.817. The summed E-state index contributed by atoms with van der Waals surface area (Å²) < 4.78 is 12.0. The van der Waals surface area contributed by atoms with Gasteiger partial charge in [0, 0.05) is 17.2 Å². The van der Waals surface area contributed by atoms with Crippen LogP contribution in [-0.4, -0.2) is 29.6 Å². The van der Waals surface area contributed by atoms with Crippen molar-refractivity contribution in [3.05, 3.63) is 41.6 Å². The van der Waals surface area contributed by atoms with Crippen LogP contribution in [-0.2, 0) is 10.2 Å². The largest absolute Gasteiger partial charge is 0.492 e. The number of pyridine rings is 1. The molecular formula is C21H23N3O4. The number of carbonyl (C=O) groups is 2. The summed E-state index contributed by atoms with van der Waals surface area (Å²) in [6, 6.07) is 6.15. The number of anilines is 1. The normalized spacial score (nSPS) is 20.0. The number of amides is 3. The van der Waals surface area contributed by atoms with Crippen molar-refractivity contribution in [2.24, 2.45) is 0 Å². The van der Waals surface area contributed by atoms with Crippen molar-refractivity contribution in [1.29, 1.82) is 0 Å². The molecule has 1 saturated heterocycles. The third-order valence-corrected chi connectivity index (χ3v) is 5.20. The molecule has 0 aliphatic carbocycles. The number of urea groups is 1. The van der Waals surface area contributed by atoms with Gasteiger partial charge in [0.15, 0.2) is 0 Å². The first kappa shape index (κ1) is 18.3. The van der Waals surface area contributed by atoms with E-state index in [9.17, 15) is 9.59 Å². The Morgan fingerprint density at radius 2 is 2.11 bits per heavy atom. The van der Waals surface area contributed by atoms with E-state index in [1.165, 1.54) is 0 Å². The standard InChI is InChI=1S/C21H23N3O4/c1-5-13-19(25)24(20(26)23-13)14-7-6-10-22-18(14)28-15-9-8-12(2)17-16(15)21(3,4)11-27-17/h6-10,13H,5,11H2,1-4H3,(H,23,26)/t13-/m1/s1. The van der Waals surface area contributed by atoms with Crippen LogP contribution in [0.5, 0.6) is 17.4 Å². The first-order chi connectivity index (χ1) is 13.3. The van der Waals surface area contributed by atoms with Gasteiger partial charge >= 0.3 is 6.03 Å². The topological polar surface area (TPSA) is 80.8 Å². The molecule has 2 aliphatic heterocycles. The van der Waals surface area contributed by atoms with E-state index in [0.29, 0.717) is 24.5 Å². The lowest BCUT2D eigenvalue weighted by atomic mass is 9.85. The van der Waals surface area contributed by atoms with E-state index >= 15 is 0 Å². The van der Waals surface area contributed by atoms with Gasteiger partial charge in [-0.15, -0.1) is 0 Å². The molecule has 0 unspecified atom stereocenters. The van der Waals surface area contributed by atoms with E-state index in [0.717, 1.165) is 21.8 Å². The van der Waals surface area contributed by atoms with Crippen LogP contribution in [0.25, 0.3) is 0 Å². The van der Waals surface area contributed by atoms with Crippen LogP contribution in [0, 0.1) is 6.92 Å². The zero-order valence-electron chi connectivity index (χ0n) is 16.4. The van der Waals surface area contributed by atoms with Crippen molar-refractivity contribution in [3.8, 4) is 17.4 Å². The Bertz CT molecular complexity index is 970. The van der Waals surface area contributed by atoms with E-state index in [2.05, 4.69) is 24.1 Å². The average Bonchev–Trinajstić information content (AvgIpc) is 3.14. The highest BCUT2D eigenvalue weighted by molar-refractivity contribution is 6.21. The minimum Gasteiger partial charge on any atom is -0.492 e. The van der Waals surface area contributed by atoms with Gasteiger partial charge in [-0.05, 0) is 37.1 Å². The molecule has 0 spiro atoms. The SMILES string of the molecule is CC[C@H]1NC(=O)N(c2cccnc2Oc2ccc(C)c3c2C(C)(C)CO3)C1=O.